The number of esters is 1. The highest BCUT2D eigenvalue weighted by atomic mass is 16.6. The van der Waals surface area contributed by atoms with Crippen LogP contribution in [0.2, 0.25) is 0 Å². The van der Waals surface area contributed by atoms with Gasteiger partial charge in [-0.1, -0.05) is 68.0 Å². The minimum absolute atomic E-state index is 0.141. The highest BCUT2D eigenvalue weighted by molar-refractivity contribution is 5.99. The summed E-state index contributed by atoms with van der Waals surface area (Å²) in [5.41, 5.74) is -0.705. The summed E-state index contributed by atoms with van der Waals surface area (Å²) >= 11 is 0. The highest BCUT2D eigenvalue weighted by Crippen LogP contribution is 2.57. The molecule has 10 nitrogen and oxygen atoms in total. The van der Waals surface area contributed by atoms with Crippen molar-refractivity contribution in [3.05, 3.63) is 60.2 Å². The van der Waals surface area contributed by atoms with Crippen LogP contribution < -0.4 is 5.32 Å². The number of carbonyl (C=O) groups is 4. The number of hydrogen-bond donors (Lipinski definition) is 2. The smallest absolute Gasteiger partial charge is 0.313 e. The van der Waals surface area contributed by atoms with Gasteiger partial charge in [-0.25, -0.2) is 0 Å². The van der Waals surface area contributed by atoms with Crippen molar-refractivity contribution in [2.24, 2.45) is 11.8 Å². The number of nitrogens with zero attached hydrogens (tertiary/aromatic N) is 2. The fourth-order valence-corrected chi connectivity index (χ4v) is 6.92. The predicted octanol–water partition coefficient (Wildman–Crippen LogP) is 2.29. The van der Waals surface area contributed by atoms with Gasteiger partial charge in [0.05, 0.1) is 31.2 Å². The number of ether oxygens (including phenoxy) is 2. The third-order valence-electron chi connectivity index (χ3n) is 8.94. The minimum atomic E-state index is -1.38. The van der Waals surface area contributed by atoms with Crippen LogP contribution in [0.15, 0.2) is 54.6 Å². The lowest BCUT2D eigenvalue weighted by molar-refractivity contribution is -0.159. The van der Waals surface area contributed by atoms with Gasteiger partial charge in [0, 0.05) is 19.0 Å². The number of fused-ring (bicyclic) bond motifs is 2. The summed E-state index contributed by atoms with van der Waals surface area (Å²) in [5.74, 6) is -3.46. The van der Waals surface area contributed by atoms with Crippen molar-refractivity contribution < 1.29 is 33.8 Å². The lowest BCUT2D eigenvalue weighted by atomic mass is 9.74. The molecule has 226 valence electrons. The minimum Gasteiger partial charge on any atom is -0.460 e. The monoisotopic (exact) mass is 579 g/mol. The fourth-order valence-electron chi connectivity index (χ4n) is 6.92. The molecule has 10 heteroatoms. The van der Waals surface area contributed by atoms with Gasteiger partial charge in [0.1, 0.15) is 23.7 Å². The third-order valence-corrected chi connectivity index (χ3v) is 8.94. The van der Waals surface area contributed by atoms with E-state index in [4.69, 9.17) is 9.47 Å². The number of nitrogens with one attached hydrogen (secondary N) is 1. The number of aliphatic hydroxyl groups excluding tert-OH is 1. The van der Waals surface area contributed by atoms with Crippen LogP contribution >= 0.6 is 0 Å². The quantitative estimate of drug-likeness (QED) is 0.391. The van der Waals surface area contributed by atoms with Crippen LogP contribution in [-0.2, 0) is 28.7 Å². The second kappa shape index (κ2) is 12.4. The van der Waals surface area contributed by atoms with Gasteiger partial charge < -0.3 is 29.7 Å². The summed E-state index contributed by atoms with van der Waals surface area (Å²) < 4.78 is 12.2. The zero-order chi connectivity index (χ0) is 30.0. The molecule has 2 fully saturated rings. The van der Waals surface area contributed by atoms with Crippen LogP contribution in [0.1, 0.15) is 58.1 Å². The molecule has 5 bridgehead atoms. The lowest BCUT2D eigenvalue weighted by Gasteiger charge is -2.40. The first-order valence-corrected chi connectivity index (χ1v) is 15.0. The summed E-state index contributed by atoms with van der Waals surface area (Å²) in [5, 5.41) is 13.5. The van der Waals surface area contributed by atoms with Crippen LogP contribution in [-0.4, -0.2) is 88.2 Å². The second-order valence-corrected chi connectivity index (χ2v) is 11.7. The Bertz CT molecular complexity index is 1250. The molecule has 0 aliphatic carbocycles. The Morgan fingerprint density at radius 2 is 1.88 bits per heavy atom. The van der Waals surface area contributed by atoms with Crippen molar-refractivity contribution >= 4 is 23.7 Å². The average Bonchev–Trinajstić information content (AvgIpc) is 3.62. The van der Waals surface area contributed by atoms with Crippen molar-refractivity contribution in [3.8, 4) is 0 Å². The molecule has 8 atom stereocenters. The zero-order valence-corrected chi connectivity index (χ0v) is 24.5. The van der Waals surface area contributed by atoms with E-state index in [-0.39, 0.29) is 37.4 Å². The van der Waals surface area contributed by atoms with E-state index < -0.39 is 60.2 Å². The standard InChI is InChI=1S/C32H41N3O7/c1-4-11-20(2)34-17-10-6-9-14-25(37)33-18-21(3)41-31(40)26-24-15-16-32(42-24)27(26)29(38)35(28(32)30(34)39)23(19-36)22-12-7-5-8-13-22/h5-8,10,12-13,15-16,20-21,23-24,26-28,36H,4,9,11,14,17-19H2,1-3H3,(H,33,37)/b10-6-/t20?,21-,23-,24+,26-,27-,28+,32-/m1/s1. The van der Waals surface area contributed by atoms with Crippen LogP contribution in [0.4, 0.5) is 0 Å². The Balaban J connectivity index is 1.62. The second-order valence-electron chi connectivity index (χ2n) is 11.7. The SMILES string of the molecule is CCCC(C)N1C/C=C\CCC(=O)NC[C@@H](C)OC(=O)[C@@H]2[C@@H]3C=C[C@]4(O3)[C@H](C1=O)N([C@H](CO)c1ccccc1)C(=O)[C@@H]24. The molecule has 1 unspecified atom stereocenters. The van der Waals surface area contributed by atoms with E-state index in [0.717, 1.165) is 12.8 Å². The number of cyclic esters (lactones) is 1. The van der Waals surface area contributed by atoms with Gasteiger partial charge in [-0.05, 0) is 32.3 Å². The van der Waals surface area contributed by atoms with E-state index in [9.17, 15) is 24.3 Å². The molecule has 2 saturated heterocycles. The van der Waals surface area contributed by atoms with E-state index in [1.54, 1.807) is 24.0 Å². The number of amides is 3. The third kappa shape index (κ3) is 5.26. The van der Waals surface area contributed by atoms with E-state index in [1.165, 1.54) is 4.90 Å². The van der Waals surface area contributed by atoms with Crippen molar-refractivity contribution in [2.45, 2.75) is 82.4 Å². The number of aliphatic hydroxyl groups is 1. The molecule has 4 aliphatic rings. The summed E-state index contributed by atoms with van der Waals surface area (Å²) in [6, 6.07) is 7.04. The average molecular weight is 580 g/mol. The molecule has 0 radical (unpaired) electrons. The molecule has 1 aromatic rings. The maximum Gasteiger partial charge on any atom is 0.313 e. The topological polar surface area (TPSA) is 125 Å². The largest absolute Gasteiger partial charge is 0.460 e. The van der Waals surface area contributed by atoms with Crippen molar-refractivity contribution in [3.63, 3.8) is 0 Å². The molecule has 1 spiro atoms. The van der Waals surface area contributed by atoms with Gasteiger partial charge in [0.25, 0.3) is 0 Å². The Hall–Kier alpha value is -3.50. The number of hydrogen-bond acceptors (Lipinski definition) is 7. The first kappa shape index (κ1) is 30.0. The Morgan fingerprint density at radius 3 is 2.60 bits per heavy atom. The lowest BCUT2D eigenvalue weighted by Crippen LogP contribution is -2.58. The number of allylic oxidation sites excluding steroid dienone is 1. The van der Waals surface area contributed by atoms with Gasteiger partial charge in [-0.15, -0.1) is 0 Å². The van der Waals surface area contributed by atoms with Crippen LogP contribution in [0.5, 0.6) is 0 Å². The van der Waals surface area contributed by atoms with E-state index in [2.05, 4.69) is 5.32 Å². The van der Waals surface area contributed by atoms with Gasteiger partial charge in [-0.3, -0.25) is 19.2 Å². The van der Waals surface area contributed by atoms with Crippen LogP contribution in [0, 0.1) is 11.8 Å². The molecule has 5 rings (SSSR count). The summed E-state index contributed by atoms with van der Waals surface area (Å²) in [4.78, 5) is 58.4. The Kier molecular flexibility index (Phi) is 8.84. The zero-order valence-electron chi connectivity index (χ0n) is 24.5. The van der Waals surface area contributed by atoms with Crippen molar-refractivity contribution in [2.75, 3.05) is 19.7 Å². The molecular weight excluding hydrogens is 538 g/mol. The molecule has 0 saturated carbocycles. The number of benzene rings is 1. The molecule has 4 heterocycles. The molecule has 42 heavy (non-hydrogen) atoms. The van der Waals surface area contributed by atoms with Gasteiger partial charge in [0.2, 0.25) is 17.7 Å². The fraction of sp³-hybridized carbons (Fsp3) is 0.562. The summed E-state index contributed by atoms with van der Waals surface area (Å²) in [7, 11) is 0. The van der Waals surface area contributed by atoms with E-state index in [0.29, 0.717) is 12.0 Å². The summed E-state index contributed by atoms with van der Waals surface area (Å²) in [6.07, 6.45) is 8.27. The number of likely N-dealkylation sites (tertiary alicyclic amines) is 1. The molecule has 3 amide bonds. The van der Waals surface area contributed by atoms with E-state index in [1.807, 2.05) is 56.3 Å². The highest BCUT2D eigenvalue weighted by Gasteiger charge is 2.74. The molecule has 4 aliphatic heterocycles. The van der Waals surface area contributed by atoms with Crippen molar-refractivity contribution in [1.82, 2.24) is 15.1 Å². The molecule has 1 aromatic carbocycles. The van der Waals surface area contributed by atoms with Gasteiger partial charge in [0.15, 0.2) is 0 Å². The first-order chi connectivity index (χ1) is 20.2. The molecule has 2 N–H and O–H groups in total. The normalized spacial score (nSPS) is 33.8. The number of rotatable bonds is 6. The molecule has 0 aromatic heterocycles. The Labute approximate surface area is 246 Å². The predicted molar refractivity (Wildman–Crippen MR) is 154 cm³/mol. The van der Waals surface area contributed by atoms with Gasteiger partial charge in [-0.2, -0.15) is 0 Å². The van der Waals surface area contributed by atoms with Crippen LogP contribution in [0.3, 0.4) is 0 Å². The Morgan fingerprint density at radius 1 is 1.12 bits per heavy atom. The maximum absolute atomic E-state index is 14.8. The van der Waals surface area contributed by atoms with Crippen LogP contribution in [0.25, 0.3) is 0 Å². The molecular formula is C32H41N3O7. The van der Waals surface area contributed by atoms with Gasteiger partial charge >= 0.3 is 5.97 Å². The van der Waals surface area contributed by atoms with Crippen molar-refractivity contribution in [1.29, 1.82) is 0 Å². The summed E-state index contributed by atoms with van der Waals surface area (Å²) in [6.45, 7) is 5.73. The maximum atomic E-state index is 14.8. The number of carbonyl (C=O) groups excluding carboxylic acids is 4. The van der Waals surface area contributed by atoms with E-state index >= 15 is 0 Å². The first-order valence-electron chi connectivity index (χ1n) is 15.0.